The van der Waals surface area contributed by atoms with Crippen molar-refractivity contribution in [1.29, 1.82) is 0 Å². The fraction of sp³-hybridized carbons (Fsp3) is 0.435. The Morgan fingerprint density at radius 3 is 2.41 bits per heavy atom. The van der Waals surface area contributed by atoms with Crippen molar-refractivity contribution in [1.82, 2.24) is 4.72 Å². The molecule has 0 unspecified atom stereocenters. The molecule has 1 atom stereocenters. The van der Waals surface area contributed by atoms with Crippen molar-refractivity contribution in [2.75, 3.05) is 11.9 Å². The number of amides is 1. The number of ether oxygens (including phenoxy) is 1. The van der Waals surface area contributed by atoms with E-state index in [0.29, 0.717) is 0 Å². The smallest absolute Gasteiger partial charge is 0.402 e. The fourth-order valence-electron chi connectivity index (χ4n) is 3.84. The molecule has 186 valence electrons. The van der Waals surface area contributed by atoms with Crippen molar-refractivity contribution in [3.8, 4) is 5.75 Å². The molecule has 3 rings (SSSR count). The molecule has 1 aliphatic carbocycles. The van der Waals surface area contributed by atoms with Gasteiger partial charge < -0.3 is 15.8 Å². The Labute approximate surface area is 196 Å². The molecular weight excluding hydrogens is 471 g/mol. The van der Waals surface area contributed by atoms with Crippen LogP contribution in [0.3, 0.4) is 0 Å². The van der Waals surface area contributed by atoms with Crippen molar-refractivity contribution in [2.45, 2.75) is 55.8 Å². The summed E-state index contributed by atoms with van der Waals surface area (Å²) in [5.41, 5.74) is 7.09. The zero-order valence-electron chi connectivity index (χ0n) is 18.5. The molecule has 1 fully saturated rings. The lowest BCUT2D eigenvalue weighted by molar-refractivity contribution is -0.121. The molecule has 0 saturated heterocycles. The number of anilines is 1. The van der Waals surface area contributed by atoms with Crippen molar-refractivity contribution in [3.05, 3.63) is 54.1 Å². The van der Waals surface area contributed by atoms with Crippen LogP contribution in [-0.2, 0) is 21.4 Å². The summed E-state index contributed by atoms with van der Waals surface area (Å²) in [5.74, 6) is -0.539. The van der Waals surface area contributed by atoms with E-state index in [0.717, 1.165) is 43.7 Å². The van der Waals surface area contributed by atoms with Gasteiger partial charge in [-0.25, -0.2) is 13.1 Å². The van der Waals surface area contributed by atoms with E-state index in [1.807, 2.05) is 0 Å². The van der Waals surface area contributed by atoms with Crippen molar-refractivity contribution in [3.63, 3.8) is 0 Å². The van der Waals surface area contributed by atoms with Gasteiger partial charge in [0, 0.05) is 11.8 Å². The first-order chi connectivity index (χ1) is 16.0. The number of sulfonamides is 1. The number of rotatable bonds is 9. The second kappa shape index (κ2) is 11.2. The van der Waals surface area contributed by atoms with Crippen LogP contribution in [0.4, 0.5) is 18.9 Å². The molecule has 1 saturated carbocycles. The number of alkyl halides is 3. The average Bonchev–Trinajstić information content (AvgIpc) is 2.82. The van der Waals surface area contributed by atoms with Crippen LogP contribution in [-0.4, -0.2) is 33.1 Å². The predicted molar refractivity (Wildman–Crippen MR) is 122 cm³/mol. The normalized spacial score (nSPS) is 16.1. The van der Waals surface area contributed by atoms with Gasteiger partial charge in [0.2, 0.25) is 15.9 Å². The van der Waals surface area contributed by atoms with Crippen LogP contribution in [0.15, 0.2) is 53.4 Å². The van der Waals surface area contributed by atoms with Crippen LogP contribution in [0, 0.1) is 5.92 Å². The van der Waals surface area contributed by atoms with Gasteiger partial charge in [-0.05, 0) is 36.5 Å². The van der Waals surface area contributed by atoms with Crippen LogP contribution in [0.25, 0.3) is 0 Å². The third kappa shape index (κ3) is 7.44. The van der Waals surface area contributed by atoms with Gasteiger partial charge in [0.05, 0.1) is 6.04 Å². The average molecular weight is 500 g/mol. The second-order valence-electron chi connectivity index (χ2n) is 8.29. The van der Waals surface area contributed by atoms with Crippen LogP contribution in [0.1, 0.15) is 37.7 Å². The van der Waals surface area contributed by atoms with E-state index >= 15 is 0 Å². The number of carbonyl (C=O) groups excluding carboxylic acids is 1. The first-order valence-electron chi connectivity index (χ1n) is 11.0. The Balaban J connectivity index is 1.82. The summed E-state index contributed by atoms with van der Waals surface area (Å²) in [6.07, 6.45) is 0.151. The number of carbonyl (C=O) groups is 1. The highest BCUT2D eigenvalue weighted by Crippen LogP contribution is 2.30. The Hall–Kier alpha value is -2.63. The lowest BCUT2D eigenvalue weighted by atomic mass is 9.84. The van der Waals surface area contributed by atoms with E-state index in [-0.39, 0.29) is 24.0 Å². The first kappa shape index (κ1) is 26.0. The van der Waals surface area contributed by atoms with Gasteiger partial charge in [-0.15, -0.1) is 0 Å². The summed E-state index contributed by atoms with van der Waals surface area (Å²) in [6, 6.07) is 11.8. The molecule has 0 aliphatic heterocycles. The third-order valence-corrected chi connectivity index (χ3v) is 7.10. The zero-order valence-corrected chi connectivity index (χ0v) is 19.3. The fourth-order valence-corrected chi connectivity index (χ4v) is 4.98. The van der Waals surface area contributed by atoms with Gasteiger partial charge in [0.15, 0.2) is 0 Å². The van der Waals surface area contributed by atoms with E-state index in [1.54, 1.807) is 30.3 Å². The number of nitrogens with one attached hydrogen (secondary N) is 2. The van der Waals surface area contributed by atoms with Crippen LogP contribution >= 0.6 is 0 Å². The molecule has 34 heavy (non-hydrogen) atoms. The minimum absolute atomic E-state index is 0.0262. The lowest BCUT2D eigenvalue weighted by Gasteiger charge is -2.26. The maximum atomic E-state index is 12.7. The molecule has 1 aliphatic rings. The van der Waals surface area contributed by atoms with E-state index in [4.69, 9.17) is 10.5 Å². The second-order valence-corrected chi connectivity index (χ2v) is 10.0. The molecule has 0 bridgehead atoms. The molecule has 0 radical (unpaired) electrons. The van der Waals surface area contributed by atoms with Gasteiger partial charge in [0.1, 0.15) is 23.8 Å². The van der Waals surface area contributed by atoms with E-state index in [1.165, 1.54) is 16.9 Å². The molecule has 0 aromatic heterocycles. The van der Waals surface area contributed by atoms with Crippen molar-refractivity contribution < 1.29 is 31.1 Å². The Bertz CT molecular complexity index is 1070. The van der Waals surface area contributed by atoms with Crippen LogP contribution in [0.5, 0.6) is 5.75 Å². The van der Waals surface area contributed by atoms with E-state index in [2.05, 4.69) is 5.32 Å². The van der Waals surface area contributed by atoms with E-state index < -0.39 is 39.6 Å². The summed E-state index contributed by atoms with van der Waals surface area (Å²) in [7, 11) is -4.54. The maximum absolute atomic E-state index is 12.7. The van der Waals surface area contributed by atoms with E-state index in [9.17, 15) is 26.4 Å². The third-order valence-electron chi connectivity index (χ3n) is 5.66. The lowest BCUT2D eigenvalue weighted by Crippen LogP contribution is -2.42. The highest BCUT2D eigenvalue weighted by Gasteiger charge is 2.31. The Kier molecular flexibility index (Phi) is 8.56. The molecule has 7 nitrogen and oxygen atoms in total. The molecule has 2 aromatic carbocycles. The summed E-state index contributed by atoms with van der Waals surface area (Å²) in [6.45, 7) is -1.75. The van der Waals surface area contributed by atoms with Gasteiger partial charge in [-0.2, -0.15) is 13.2 Å². The summed E-state index contributed by atoms with van der Waals surface area (Å²) in [4.78, 5) is 12.2. The van der Waals surface area contributed by atoms with Gasteiger partial charge in [0.25, 0.3) is 0 Å². The van der Waals surface area contributed by atoms with Gasteiger partial charge in [-0.1, -0.05) is 49.6 Å². The van der Waals surface area contributed by atoms with Crippen molar-refractivity contribution in [2.24, 2.45) is 11.7 Å². The summed E-state index contributed by atoms with van der Waals surface area (Å²) in [5, 5.41) is 2.67. The molecular formula is C23H28F3N3O4S. The quantitative estimate of drug-likeness (QED) is 0.484. The number of nitrogens with two attached hydrogens (primary N) is 1. The van der Waals surface area contributed by atoms with Gasteiger partial charge in [-0.3, -0.25) is 4.79 Å². The first-order valence-corrected chi connectivity index (χ1v) is 12.5. The zero-order chi connectivity index (χ0) is 24.8. The largest absolute Gasteiger partial charge is 0.487 e. The Morgan fingerprint density at radius 2 is 1.76 bits per heavy atom. The minimum atomic E-state index is -4.72. The highest BCUT2D eigenvalue weighted by atomic mass is 32.2. The molecule has 2 aromatic rings. The van der Waals surface area contributed by atoms with Crippen LogP contribution < -0.4 is 20.5 Å². The number of hydrogen-bond donors (Lipinski definition) is 3. The molecule has 0 spiro atoms. The molecule has 0 heterocycles. The number of benzene rings is 2. The highest BCUT2D eigenvalue weighted by molar-refractivity contribution is 7.89. The predicted octanol–water partition coefficient (Wildman–Crippen LogP) is 3.95. The van der Waals surface area contributed by atoms with Gasteiger partial charge >= 0.3 is 6.18 Å². The number of halogens is 3. The minimum Gasteiger partial charge on any atom is -0.487 e. The van der Waals surface area contributed by atoms with Crippen molar-refractivity contribution >= 4 is 21.6 Å². The summed E-state index contributed by atoms with van der Waals surface area (Å²) >= 11 is 0. The molecule has 11 heteroatoms. The molecule has 1 amide bonds. The standard InChI is InChI=1S/C23H28F3N3O4S/c24-23(25,26)15-28-34(31,32)20-12-11-18(13-19(20)33-14-16-7-3-1-4-8-16)29-22(30)21(27)17-9-5-2-6-10-17/h1,3-4,7-8,11-13,17,21,28H,2,5-6,9-10,14-15,27H2,(H,29,30)/t21-/m0/s1. The number of hydrogen-bond acceptors (Lipinski definition) is 5. The maximum Gasteiger partial charge on any atom is 0.402 e. The monoisotopic (exact) mass is 499 g/mol. The summed E-state index contributed by atoms with van der Waals surface area (Å²) < 4.78 is 70.1. The Morgan fingerprint density at radius 1 is 1.09 bits per heavy atom. The van der Waals surface area contributed by atoms with Crippen LogP contribution in [0.2, 0.25) is 0 Å². The molecule has 4 N–H and O–H groups in total. The SMILES string of the molecule is N[C@H](C(=O)Nc1ccc(S(=O)(=O)NCC(F)(F)F)c(OCc2ccccc2)c1)C1CCCCC1. The topological polar surface area (TPSA) is 111 Å².